The van der Waals surface area contributed by atoms with Crippen LogP contribution in [-0.2, 0) is 10.3 Å². The SMILES string of the molecule is CCOCCCC[C@@](O)(c1ccccc1)[C@@H]1CCCN(C(=O)N[C@H](CN)CC2CCCCC2)C1. The quantitative estimate of drug-likeness (QED) is 0.381. The fourth-order valence-electron chi connectivity index (χ4n) is 5.91. The molecule has 0 radical (unpaired) electrons. The number of carbonyl (C=O) groups is 1. The fraction of sp³-hybridized carbons (Fsp3) is 0.750. The first-order valence-corrected chi connectivity index (χ1v) is 13.7. The van der Waals surface area contributed by atoms with E-state index in [1.54, 1.807) is 0 Å². The summed E-state index contributed by atoms with van der Waals surface area (Å²) in [7, 11) is 0. The van der Waals surface area contributed by atoms with E-state index in [0.717, 1.165) is 57.4 Å². The first-order chi connectivity index (χ1) is 16.6. The summed E-state index contributed by atoms with van der Waals surface area (Å²) >= 11 is 0. The number of hydrogen-bond acceptors (Lipinski definition) is 4. The fourth-order valence-corrected chi connectivity index (χ4v) is 5.91. The molecule has 1 heterocycles. The largest absolute Gasteiger partial charge is 0.385 e. The van der Waals surface area contributed by atoms with Crippen molar-refractivity contribution < 1.29 is 14.6 Å². The average molecular weight is 474 g/mol. The highest BCUT2D eigenvalue weighted by Crippen LogP contribution is 2.39. The monoisotopic (exact) mass is 473 g/mol. The number of aliphatic hydroxyl groups is 1. The van der Waals surface area contributed by atoms with Crippen molar-refractivity contribution in [2.24, 2.45) is 17.6 Å². The highest BCUT2D eigenvalue weighted by Gasteiger charge is 2.41. The number of likely N-dealkylation sites (tertiary alicyclic amines) is 1. The molecule has 0 bridgehead atoms. The van der Waals surface area contributed by atoms with Crippen molar-refractivity contribution in [3.63, 3.8) is 0 Å². The van der Waals surface area contributed by atoms with Crippen LogP contribution in [0.25, 0.3) is 0 Å². The van der Waals surface area contributed by atoms with Crippen molar-refractivity contribution in [3.05, 3.63) is 35.9 Å². The highest BCUT2D eigenvalue weighted by molar-refractivity contribution is 5.74. The van der Waals surface area contributed by atoms with Crippen LogP contribution in [0.15, 0.2) is 30.3 Å². The average Bonchev–Trinajstić information content (AvgIpc) is 2.89. The summed E-state index contributed by atoms with van der Waals surface area (Å²) < 4.78 is 5.50. The molecule has 2 fully saturated rings. The Morgan fingerprint density at radius 3 is 2.65 bits per heavy atom. The molecule has 1 aromatic carbocycles. The lowest BCUT2D eigenvalue weighted by Crippen LogP contribution is -2.53. The number of rotatable bonds is 12. The van der Waals surface area contributed by atoms with Crippen LogP contribution in [-0.4, -0.2) is 54.9 Å². The Balaban J connectivity index is 1.62. The summed E-state index contributed by atoms with van der Waals surface area (Å²) in [5.74, 6) is 0.688. The van der Waals surface area contributed by atoms with Crippen LogP contribution < -0.4 is 11.1 Å². The lowest BCUT2D eigenvalue weighted by Gasteiger charge is -2.43. The van der Waals surface area contributed by atoms with Gasteiger partial charge in [0.1, 0.15) is 0 Å². The van der Waals surface area contributed by atoms with Gasteiger partial charge in [0.25, 0.3) is 0 Å². The lowest BCUT2D eigenvalue weighted by molar-refractivity contribution is -0.0565. The van der Waals surface area contributed by atoms with Gasteiger partial charge in [-0.3, -0.25) is 0 Å². The van der Waals surface area contributed by atoms with Gasteiger partial charge >= 0.3 is 6.03 Å². The van der Waals surface area contributed by atoms with E-state index < -0.39 is 5.60 Å². The molecule has 4 N–H and O–H groups in total. The molecule has 0 aromatic heterocycles. The van der Waals surface area contributed by atoms with Gasteiger partial charge < -0.3 is 25.8 Å². The van der Waals surface area contributed by atoms with E-state index in [-0.39, 0.29) is 18.0 Å². The Hall–Kier alpha value is -1.63. The standard InChI is InChI=1S/C28H47N3O3/c1-2-34-19-10-9-17-28(33,24-14-7-4-8-15-24)25-16-11-18-31(22-25)27(32)30-26(21-29)20-23-12-5-3-6-13-23/h4,7-8,14-15,23,25-26,33H,2-3,5-6,9-13,16-22,29H2,1H3,(H,30,32)/t25-,26+,28-/m1/s1. The van der Waals surface area contributed by atoms with Gasteiger partial charge in [-0.1, -0.05) is 62.4 Å². The first kappa shape index (κ1) is 27.0. The number of nitrogens with one attached hydrogen (secondary N) is 1. The summed E-state index contributed by atoms with van der Waals surface area (Å²) in [5.41, 5.74) is 6.06. The summed E-state index contributed by atoms with van der Waals surface area (Å²) in [4.78, 5) is 15.1. The third kappa shape index (κ3) is 7.69. The third-order valence-electron chi connectivity index (χ3n) is 7.91. The van der Waals surface area contributed by atoms with E-state index in [1.165, 1.54) is 32.1 Å². The van der Waals surface area contributed by atoms with Crippen LogP contribution in [0.5, 0.6) is 0 Å². The van der Waals surface area contributed by atoms with Gasteiger partial charge in [-0.2, -0.15) is 0 Å². The zero-order valence-corrected chi connectivity index (χ0v) is 21.2. The van der Waals surface area contributed by atoms with Gasteiger partial charge in [-0.05, 0) is 56.9 Å². The minimum absolute atomic E-state index is 0.0103. The number of hydrogen-bond donors (Lipinski definition) is 3. The first-order valence-electron chi connectivity index (χ1n) is 13.7. The number of amides is 2. The smallest absolute Gasteiger partial charge is 0.317 e. The van der Waals surface area contributed by atoms with Crippen LogP contribution in [0.2, 0.25) is 0 Å². The number of piperidine rings is 1. The molecule has 0 spiro atoms. The Morgan fingerprint density at radius 1 is 1.18 bits per heavy atom. The van der Waals surface area contributed by atoms with Crippen molar-refractivity contribution in [2.45, 2.75) is 89.2 Å². The van der Waals surface area contributed by atoms with E-state index in [1.807, 2.05) is 42.2 Å². The van der Waals surface area contributed by atoms with E-state index in [2.05, 4.69) is 5.32 Å². The van der Waals surface area contributed by atoms with Gasteiger partial charge in [0, 0.05) is 44.8 Å². The van der Waals surface area contributed by atoms with Gasteiger partial charge in [0.2, 0.25) is 0 Å². The zero-order chi connectivity index (χ0) is 24.2. The normalized spacial score (nSPS) is 22.2. The molecule has 2 amide bonds. The minimum Gasteiger partial charge on any atom is -0.385 e. The van der Waals surface area contributed by atoms with Crippen molar-refractivity contribution in [1.82, 2.24) is 10.2 Å². The van der Waals surface area contributed by atoms with Crippen molar-refractivity contribution >= 4 is 6.03 Å². The molecule has 2 aliphatic rings. The Kier molecular flexibility index (Phi) is 11.1. The Labute approximate surface area is 206 Å². The van der Waals surface area contributed by atoms with Crippen LogP contribution in [0.4, 0.5) is 4.79 Å². The molecule has 1 aromatic rings. The topological polar surface area (TPSA) is 87.8 Å². The second-order valence-corrected chi connectivity index (χ2v) is 10.4. The molecule has 0 unspecified atom stereocenters. The number of benzene rings is 1. The molecule has 1 saturated carbocycles. The lowest BCUT2D eigenvalue weighted by atomic mass is 9.74. The molecule has 3 atom stereocenters. The number of nitrogens with two attached hydrogens (primary N) is 1. The molecule has 34 heavy (non-hydrogen) atoms. The van der Waals surface area contributed by atoms with Gasteiger partial charge in [0.15, 0.2) is 0 Å². The van der Waals surface area contributed by atoms with Crippen LogP contribution >= 0.6 is 0 Å². The number of nitrogens with zero attached hydrogens (tertiary/aromatic N) is 1. The number of unbranched alkanes of at least 4 members (excludes halogenated alkanes) is 1. The molecular formula is C28H47N3O3. The molecule has 3 rings (SSSR count). The Bertz CT molecular complexity index is 710. The molecule has 192 valence electrons. The van der Waals surface area contributed by atoms with Crippen LogP contribution in [0, 0.1) is 11.8 Å². The number of ether oxygens (including phenoxy) is 1. The van der Waals surface area contributed by atoms with Crippen LogP contribution in [0.3, 0.4) is 0 Å². The third-order valence-corrected chi connectivity index (χ3v) is 7.91. The number of urea groups is 1. The van der Waals surface area contributed by atoms with E-state index in [0.29, 0.717) is 25.4 Å². The molecule has 6 nitrogen and oxygen atoms in total. The van der Waals surface area contributed by atoms with E-state index in [9.17, 15) is 9.90 Å². The minimum atomic E-state index is -0.943. The molecule has 1 aliphatic heterocycles. The van der Waals surface area contributed by atoms with Crippen molar-refractivity contribution in [1.29, 1.82) is 0 Å². The summed E-state index contributed by atoms with van der Waals surface area (Å²) in [6.45, 7) is 5.24. The summed E-state index contributed by atoms with van der Waals surface area (Å²) in [5, 5.41) is 15.2. The number of carbonyl (C=O) groups excluding carboxylic acids is 1. The maximum atomic E-state index is 13.2. The van der Waals surface area contributed by atoms with E-state index in [4.69, 9.17) is 10.5 Å². The zero-order valence-electron chi connectivity index (χ0n) is 21.2. The second-order valence-electron chi connectivity index (χ2n) is 10.4. The van der Waals surface area contributed by atoms with Gasteiger partial charge in [0.05, 0.1) is 5.60 Å². The van der Waals surface area contributed by atoms with Crippen LogP contribution in [0.1, 0.15) is 83.1 Å². The van der Waals surface area contributed by atoms with Gasteiger partial charge in [-0.15, -0.1) is 0 Å². The molecule has 1 aliphatic carbocycles. The summed E-state index contributed by atoms with van der Waals surface area (Å²) in [6, 6.07) is 10.0. The maximum Gasteiger partial charge on any atom is 0.317 e. The van der Waals surface area contributed by atoms with Crippen molar-refractivity contribution in [2.75, 3.05) is 32.8 Å². The molecule has 6 heteroatoms. The summed E-state index contributed by atoms with van der Waals surface area (Å²) in [6.07, 6.45) is 11.7. The van der Waals surface area contributed by atoms with Crippen molar-refractivity contribution in [3.8, 4) is 0 Å². The maximum absolute atomic E-state index is 13.2. The molecule has 1 saturated heterocycles. The predicted molar refractivity (Wildman–Crippen MR) is 138 cm³/mol. The molecular weight excluding hydrogens is 426 g/mol. The van der Waals surface area contributed by atoms with Gasteiger partial charge in [-0.25, -0.2) is 4.79 Å². The second kappa shape index (κ2) is 14.1. The van der Waals surface area contributed by atoms with E-state index >= 15 is 0 Å². The Morgan fingerprint density at radius 2 is 1.94 bits per heavy atom. The predicted octanol–water partition coefficient (Wildman–Crippen LogP) is 4.80. The highest BCUT2D eigenvalue weighted by atomic mass is 16.5.